The number of hydrogen-bond acceptors (Lipinski definition) is 3. The highest BCUT2D eigenvalue weighted by Crippen LogP contribution is 2.49. The minimum atomic E-state index is -0.500. The van der Waals surface area contributed by atoms with Crippen LogP contribution < -0.4 is 0 Å². The molecule has 0 amide bonds. The van der Waals surface area contributed by atoms with Gasteiger partial charge >= 0.3 is 5.97 Å². The van der Waals surface area contributed by atoms with Crippen LogP contribution in [0.4, 0.5) is 0 Å². The third-order valence-corrected chi connectivity index (χ3v) is 4.08. The van der Waals surface area contributed by atoms with Gasteiger partial charge in [0.2, 0.25) is 0 Å². The lowest BCUT2D eigenvalue weighted by Crippen LogP contribution is -2.31. The van der Waals surface area contributed by atoms with Crippen molar-refractivity contribution >= 4 is 5.97 Å². The van der Waals surface area contributed by atoms with Crippen LogP contribution in [0, 0.1) is 17.8 Å². The Labute approximate surface area is 104 Å². The van der Waals surface area contributed by atoms with Gasteiger partial charge in [0, 0.05) is 0 Å². The Hall–Kier alpha value is -0.570. The molecule has 2 rings (SSSR count). The SMILES string of the molecule is CC(C)(C)OC(=O)CC(O)C1CC2CCC1C2. The Balaban J connectivity index is 1.81. The second-order valence-electron chi connectivity index (χ2n) is 6.70. The molecule has 17 heavy (non-hydrogen) atoms. The first-order valence-corrected chi connectivity index (χ1v) is 6.75. The number of ether oxygens (including phenoxy) is 1. The van der Waals surface area contributed by atoms with Gasteiger partial charge in [-0.05, 0) is 57.8 Å². The number of rotatable bonds is 3. The molecule has 2 bridgehead atoms. The normalized spacial score (nSPS) is 33.8. The average Bonchev–Trinajstić information content (AvgIpc) is 2.74. The van der Waals surface area contributed by atoms with Crippen LogP contribution in [-0.2, 0) is 9.53 Å². The molecule has 2 saturated carbocycles. The van der Waals surface area contributed by atoms with E-state index in [-0.39, 0.29) is 12.4 Å². The molecule has 0 saturated heterocycles. The Kier molecular flexibility index (Phi) is 3.48. The Morgan fingerprint density at radius 1 is 1.35 bits per heavy atom. The molecule has 2 fully saturated rings. The third kappa shape index (κ3) is 3.21. The summed E-state index contributed by atoms with van der Waals surface area (Å²) in [7, 11) is 0. The summed E-state index contributed by atoms with van der Waals surface area (Å²) in [5.41, 5.74) is -0.453. The second kappa shape index (κ2) is 4.60. The molecule has 2 aliphatic carbocycles. The number of aliphatic hydroxyl groups excluding tert-OH is 1. The van der Waals surface area contributed by atoms with E-state index in [0.29, 0.717) is 11.8 Å². The lowest BCUT2D eigenvalue weighted by Gasteiger charge is -2.27. The summed E-state index contributed by atoms with van der Waals surface area (Å²) in [5.74, 6) is 1.52. The smallest absolute Gasteiger partial charge is 0.308 e. The molecule has 98 valence electrons. The summed E-state index contributed by atoms with van der Waals surface area (Å²) in [6, 6.07) is 0. The number of esters is 1. The van der Waals surface area contributed by atoms with Crippen molar-refractivity contribution in [2.45, 2.75) is 64.6 Å². The van der Waals surface area contributed by atoms with Crippen molar-refractivity contribution < 1.29 is 14.6 Å². The highest BCUT2D eigenvalue weighted by molar-refractivity contribution is 5.70. The van der Waals surface area contributed by atoms with E-state index in [4.69, 9.17) is 4.74 Å². The Bertz CT molecular complexity index is 292. The van der Waals surface area contributed by atoms with E-state index in [2.05, 4.69) is 0 Å². The van der Waals surface area contributed by atoms with Gasteiger partial charge < -0.3 is 9.84 Å². The van der Waals surface area contributed by atoms with E-state index in [9.17, 15) is 9.90 Å². The Morgan fingerprint density at radius 3 is 2.53 bits per heavy atom. The molecular formula is C14H24O3. The second-order valence-corrected chi connectivity index (χ2v) is 6.70. The van der Waals surface area contributed by atoms with Crippen molar-refractivity contribution in [1.82, 2.24) is 0 Å². The van der Waals surface area contributed by atoms with Crippen LogP contribution in [0.25, 0.3) is 0 Å². The molecule has 0 spiro atoms. The predicted octanol–water partition coefficient (Wildman–Crippen LogP) is 2.52. The first-order chi connectivity index (χ1) is 7.85. The fourth-order valence-electron chi connectivity index (χ4n) is 3.47. The molecule has 0 aromatic heterocycles. The van der Waals surface area contributed by atoms with Gasteiger partial charge in [-0.3, -0.25) is 4.79 Å². The van der Waals surface area contributed by atoms with E-state index < -0.39 is 11.7 Å². The highest BCUT2D eigenvalue weighted by Gasteiger charge is 2.43. The molecule has 0 heterocycles. The van der Waals surface area contributed by atoms with Crippen LogP contribution in [0.1, 0.15) is 52.9 Å². The van der Waals surface area contributed by atoms with Gasteiger partial charge in [0.25, 0.3) is 0 Å². The fraction of sp³-hybridized carbons (Fsp3) is 0.929. The zero-order valence-corrected chi connectivity index (χ0v) is 11.1. The monoisotopic (exact) mass is 240 g/mol. The number of carbonyl (C=O) groups excluding carboxylic acids is 1. The van der Waals surface area contributed by atoms with Gasteiger partial charge in [-0.25, -0.2) is 0 Å². The summed E-state index contributed by atoms with van der Waals surface area (Å²) in [6.45, 7) is 5.57. The van der Waals surface area contributed by atoms with Crippen molar-refractivity contribution in [3.8, 4) is 0 Å². The van der Waals surface area contributed by atoms with Crippen molar-refractivity contribution in [2.24, 2.45) is 17.8 Å². The zero-order valence-electron chi connectivity index (χ0n) is 11.1. The summed E-state index contributed by atoms with van der Waals surface area (Å²) in [4.78, 5) is 11.6. The molecule has 4 unspecified atom stereocenters. The molecule has 0 aromatic rings. The van der Waals surface area contributed by atoms with E-state index in [1.807, 2.05) is 20.8 Å². The minimum absolute atomic E-state index is 0.158. The van der Waals surface area contributed by atoms with Crippen molar-refractivity contribution in [3.63, 3.8) is 0 Å². The first-order valence-electron chi connectivity index (χ1n) is 6.75. The maximum atomic E-state index is 11.6. The van der Waals surface area contributed by atoms with Crippen molar-refractivity contribution in [2.75, 3.05) is 0 Å². The van der Waals surface area contributed by atoms with Crippen LogP contribution in [-0.4, -0.2) is 22.8 Å². The molecule has 1 N–H and O–H groups in total. The lowest BCUT2D eigenvalue weighted by molar-refractivity contribution is -0.158. The Morgan fingerprint density at radius 2 is 2.06 bits per heavy atom. The van der Waals surface area contributed by atoms with Gasteiger partial charge in [-0.1, -0.05) is 6.42 Å². The summed E-state index contributed by atoms with van der Waals surface area (Å²) in [5, 5.41) is 10.1. The van der Waals surface area contributed by atoms with Crippen LogP contribution in [0.2, 0.25) is 0 Å². The maximum absolute atomic E-state index is 11.6. The molecule has 3 nitrogen and oxygen atoms in total. The van der Waals surface area contributed by atoms with E-state index in [1.165, 1.54) is 19.3 Å². The summed E-state index contributed by atoms with van der Waals surface area (Å²) in [6.07, 6.45) is 4.58. The van der Waals surface area contributed by atoms with Crippen molar-refractivity contribution in [3.05, 3.63) is 0 Å². The molecule has 4 atom stereocenters. The van der Waals surface area contributed by atoms with Crippen LogP contribution in [0.5, 0.6) is 0 Å². The first kappa shape index (κ1) is 12.9. The molecule has 3 heteroatoms. The topological polar surface area (TPSA) is 46.5 Å². The van der Waals surface area contributed by atoms with E-state index in [1.54, 1.807) is 0 Å². The molecular weight excluding hydrogens is 216 g/mol. The standard InChI is InChI=1S/C14H24O3/c1-14(2,3)17-13(16)8-12(15)11-7-9-4-5-10(11)6-9/h9-12,15H,4-8H2,1-3H3. The molecule has 0 aliphatic heterocycles. The van der Waals surface area contributed by atoms with E-state index >= 15 is 0 Å². The highest BCUT2D eigenvalue weighted by atomic mass is 16.6. The average molecular weight is 240 g/mol. The van der Waals surface area contributed by atoms with Gasteiger partial charge in [-0.15, -0.1) is 0 Å². The number of hydrogen-bond donors (Lipinski definition) is 1. The number of fused-ring (bicyclic) bond motifs is 2. The zero-order chi connectivity index (χ0) is 12.6. The minimum Gasteiger partial charge on any atom is -0.460 e. The van der Waals surface area contributed by atoms with Gasteiger partial charge in [0.15, 0.2) is 0 Å². The summed E-state index contributed by atoms with van der Waals surface area (Å²) >= 11 is 0. The third-order valence-electron chi connectivity index (χ3n) is 4.08. The number of aliphatic hydroxyl groups is 1. The van der Waals surface area contributed by atoms with Crippen LogP contribution >= 0.6 is 0 Å². The van der Waals surface area contributed by atoms with Crippen LogP contribution in [0.15, 0.2) is 0 Å². The van der Waals surface area contributed by atoms with Gasteiger partial charge in [0.05, 0.1) is 12.5 Å². The fourth-order valence-corrected chi connectivity index (χ4v) is 3.47. The lowest BCUT2D eigenvalue weighted by atomic mass is 9.83. The summed E-state index contributed by atoms with van der Waals surface area (Å²) < 4.78 is 5.25. The van der Waals surface area contributed by atoms with Gasteiger partial charge in [-0.2, -0.15) is 0 Å². The van der Waals surface area contributed by atoms with Gasteiger partial charge in [0.1, 0.15) is 5.60 Å². The molecule has 0 radical (unpaired) electrons. The molecule has 0 aromatic carbocycles. The number of carbonyl (C=O) groups is 1. The molecule has 2 aliphatic rings. The maximum Gasteiger partial charge on any atom is 0.308 e. The predicted molar refractivity (Wildman–Crippen MR) is 65.4 cm³/mol. The van der Waals surface area contributed by atoms with Crippen molar-refractivity contribution in [1.29, 1.82) is 0 Å². The van der Waals surface area contributed by atoms with E-state index in [0.717, 1.165) is 12.3 Å². The largest absolute Gasteiger partial charge is 0.460 e. The van der Waals surface area contributed by atoms with Crippen LogP contribution in [0.3, 0.4) is 0 Å². The quantitative estimate of drug-likeness (QED) is 0.771.